The lowest BCUT2D eigenvalue weighted by molar-refractivity contribution is -0.116. The van der Waals surface area contributed by atoms with E-state index in [9.17, 15) is 13.2 Å². The second-order valence-corrected chi connectivity index (χ2v) is 9.88. The zero-order chi connectivity index (χ0) is 23.5. The molecule has 0 aliphatic rings. The number of ether oxygens (including phenoxy) is 2. The van der Waals surface area contributed by atoms with E-state index < -0.39 is 22.0 Å². The van der Waals surface area contributed by atoms with E-state index in [1.54, 1.807) is 37.4 Å². The van der Waals surface area contributed by atoms with Crippen molar-refractivity contribution in [3.8, 4) is 22.1 Å². The number of rotatable bonds is 8. The second-order valence-electron chi connectivity index (χ2n) is 7.04. The molecule has 3 aromatic rings. The van der Waals surface area contributed by atoms with Crippen LogP contribution in [0.4, 0.5) is 10.8 Å². The summed E-state index contributed by atoms with van der Waals surface area (Å²) in [4.78, 5) is 13.0. The first-order valence-corrected chi connectivity index (χ1v) is 12.2. The summed E-state index contributed by atoms with van der Waals surface area (Å²) < 4.78 is 36.7. The van der Waals surface area contributed by atoms with Crippen LogP contribution in [0.5, 0.6) is 11.5 Å². The Morgan fingerprint density at radius 2 is 1.78 bits per heavy atom. The summed E-state index contributed by atoms with van der Waals surface area (Å²) in [6.07, 6.45) is 1.05. The normalized spacial score (nSPS) is 12.2. The highest BCUT2D eigenvalue weighted by molar-refractivity contribution is 7.92. The van der Waals surface area contributed by atoms with E-state index in [1.807, 2.05) is 19.1 Å². The van der Waals surface area contributed by atoms with Gasteiger partial charge < -0.3 is 9.47 Å². The third-order valence-electron chi connectivity index (χ3n) is 4.65. The quantitative estimate of drug-likeness (QED) is 0.531. The van der Waals surface area contributed by atoms with E-state index in [1.165, 1.54) is 25.4 Å². The zero-order valence-corrected chi connectivity index (χ0v) is 20.0. The predicted molar refractivity (Wildman–Crippen MR) is 125 cm³/mol. The number of nitrogens with zero attached hydrogens (tertiary/aromatic N) is 3. The van der Waals surface area contributed by atoms with Crippen LogP contribution >= 0.6 is 11.3 Å². The van der Waals surface area contributed by atoms with Gasteiger partial charge in [0.15, 0.2) is 0 Å². The van der Waals surface area contributed by atoms with Gasteiger partial charge in [-0.25, -0.2) is 8.42 Å². The number of aromatic nitrogens is 2. The van der Waals surface area contributed by atoms with Crippen molar-refractivity contribution in [2.24, 2.45) is 0 Å². The molecule has 1 atom stereocenters. The molecule has 1 N–H and O–H groups in total. The van der Waals surface area contributed by atoms with Crippen molar-refractivity contribution in [2.45, 2.75) is 19.9 Å². The van der Waals surface area contributed by atoms with Gasteiger partial charge in [-0.1, -0.05) is 17.4 Å². The molecule has 0 aliphatic heterocycles. The van der Waals surface area contributed by atoms with Gasteiger partial charge in [-0.05, 0) is 55.8 Å². The molecule has 1 aromatic heterocycles. The summed E-state index contributed by atoms with van der Waals surface area (Å²) in [7, 11) is -0.770. The molecule has 0 radical (unpaired) electrons. The molecule has 0 bridgehead atoms. The van der Waals surface area contributed by atoms with Crippen LogP contribution < -0.4 is 19.1 Å². The highest BCUT2D eigenvalue weighted by atomic mass is 32.2. The molecule has 1 heterocycles. The predicted octanol–water partition coefficient (Wildman–Crippen LogP) is 3.32. The molecule has 0 spiro atoms. The van der Waals surface area contributed by atoms with Gasteiger partial charge in [0.05, 0.1) is 26.2 Å². The van der Waals surface area contributed by atoms with Crippen LogP contribution in [0.3, 0.4) is 0 Å². The summed E-state index contributed by atoms with van der Waals surface area (Å²) in [6.45, 7) is 3.33. The van der Waals surface area contributed by atoms with Crippen molar-refractivity contribution in [1.82, 2.24) is 10.2 Å². The van der Waals surface area contributed by atoms with Crippen molar-refractivity contribution in [2.75, 3.05) is 30.1 Å². The highest BCUT2D eigenvalue weighted by Gasteiger charge is 2.32. The topological polar surface area (TPSA) is 111 Å². The van der Waals surface area contributed by atoms with Gasteiger partial charge in [0.2, 0.25) is 21.1 Å². The smallest absolute Gasteiger partial charge is 0.249 e. The number of hydrogen-bond donors (Lipinski definition) is 1. The molecule has 0 unspecified atom stereocenters. The number of aryl methyl sites for hydroxylation is 1. The largest absolute Gasteiger partial charge is 0.497 e. The van der Waals surface area contributed by atoms with Crippen molar-refractivity contribution in [3.05, 3.63) is 48.0 Å². The fourth-order valence-electron chi connectivity index (χ4n) is 3.09. The van der Waals surface area contributed by atoms with E-state index in [2.05, 4.69) is 15.5 Å². The third kappa shape index (κ3) is 5.17. The lowest BCUT2D eigenvalue weighted by Gasteiger charge is -2.29. The Morgan fingerprint density at radius 1 is 1.09 bits per heavy atom. The molecule has 0 fully saturated rings. The van der Waals surface area contributed by atoms with Crippen LogP contribution in [-0.4, -0.2) is 51.0 Å². The molecule has 0 saturated carbocycles. The molecule has 3 rings (SSSR count). The second kappa shape index (κ2) is 9.53. The first-order chi connectivity index (χ1) is 15.1. The molecular weight excluding hydrogens is 452 g/mol. The Labute approximate surface area is 191 Å². The van der Waals surface area contributed by atoms with E-state index in [0.29, 0.717) is 16.5 Å². The van der Waals surface area contributed by atoms with Crippen LogP contribution in [0.15, 0.2) is 42.5 Å². The molecule has 9 nitrogen and oxygen atoms in total. The maximum atomic E-state index is 13.0. The molecule has 0 saturated heterocycles. The number of carbonyl (C=O) groups is 1. The zero-order valence-electron chi connectivity index (χ0n) is 18.3. The van der Waals surface area contributed by atoms with Crippen molar-refractivity contribution in [1.29, 1.82) is 0 Å². The Bertz CT molecular complexity index is 1210. The average molecular weight is 477 g/mol. The van der Waals surface area contributed by atoms with Gasteiger partial charge >= 0.3 is 0 Å². The number of anilines is 2. The molecule has 11 heteroatoms. The number of benzene rings is 2. The van der Waals surface area contributed by atoms with Crippen LogP contribution in [-0.2, 0) is 14.8 Å². The van der Waals surface area contributed by atoms with Gasteiger partial charge in [-0.15, -0.1) is 10.2 Å². The number of hydrogen-bond acceptors (Lipinski definition) is 8. The number of carbonyl (C=O) groups excluding carboxylic acids is 1. The maximum absolute atomic E-state index is 13.0. The van der Waals surface area contributed by atoms with E-state index in [-0.39, 0.29) is 10.8 Å². The number of amides is 1. The average Bonchev–Trinajstić information content (AvgIpc) is 3.21. The van der Waals surface area contributed by atoms with Crippen molar-refractivity contribution in [3.63, 3.8) is 0 Å². The van der Waals surface area contributed by atoms with Crippen molar-refractivity contribution < 1.29 is 22.7 Å². The van der Waals surface area contributed by atoms with Crippen LogP contribution in [0, 0.1) is 6.92 Å². The summed E-state index contributed by atoms with van der Waals surface area (Å²) in [5.41, 5.74) is 1.93. The van der Waals surface area contributed by atoms with E-state index >= 15 is 0 Å². The number of methoxy groups -OCH3 is 2. The molecule has 1 amide bonds. The Kier molecular flexibility index (Phi) is 6.99. The standard InChI is InChI=1S/C21H24N4O5S2/c1-13-6-11-18(30-4)17(12-13)25(32(5,27)28)14(2)19(26)22-21-24-23-20(31-21)15-7-9-16(29-3)10-8-15/h6-12,14H,1-5H3,(H,22,24,26)/t14-/m0/s1. The highest BCUT2D eigenvalue weighted by Crippen LogP contribution is 2.33. The van der Waals surface area contributed by atoms with Crippen LogP contribution in [0.2, 0.25) is 0 Å². The monoisotopic (exact) mass is 476 g/mol. The Morgan fingerprint density at radius 3 is 2.38 bits per heavy atom. The summed E-state index contributed by atoms with van der Waals surface area (Å²) in [6, 6.07) is 11.3. The van der Waals surface area contributed by atoms with E-state index in [0.717, 1.165) is 21.7 Å². The Hall–Kier alpha value is -3.18. The molecule has 170 valence electrons. The molecule has 32 heavy (non-hydrogen) atoms. The van der Waals surface area contributed by atoms with Gasteiger partial charge in [-0.2, -0.15) is 0 Å². The minimum absolute atomic E-state index is 0.261. The molecular formula is C21H24N4O5S2. The van der Waals surface area contributed by atoms with E-state index in [4.69, 9.17) is 9.47 Å². The van der Waals surface area contributed by atoms with Crippen LogP contribution in [0.25, 0.3) is 10.6 Å². The lowest BCUT2D eigenvalue weighted by Crippen LogP contribution is -2.45. The Balaban J connectivity index is 1.85. The molecule has 2 aromatic carbocycles. The van der Waals surface area contributed by atoms with Gasteiger partial charge in [0, 0.05) is 5.56 Å². The first-order valence-electron chi connectivity index (χ1n) is 9.57. The minimum atomic E-state index is -3.80. The SMILES string of the molecule is COc1ccc(-c2nnc(NC(=O)[C@H](C)N(c3cc(C)ccc3OC)S(C)(=O)=O)s2)cc1. The van der Waals surface area contributed by atoms with Gasteiger partial charge in [-0.3, -0.25) is 14.4 Å². The third-order valence-corrected chi connectivity index (χ3v) is 6.77. The number of nitrogens with one attached hydrogen (secondary N) is 1. The van der Waals surface area contributed by atoms with Gasteiger partial charge in [0.25, 0.3) is 0 Å². The lowest BCUT2D eigenvalue weighted by atomic mass is 10.2. The maximum Gasteiger partial charge on any atom is 0.249 e. The summed E-state index contributed by atoms with van der Waals surface area (Å²) in [5, 5.41) is 11.7. The minimum Gasteiger partial charge on any atom is -0.497 e. The number of sulfonamides is 1. The summed E-state index contributed by atoms with van der Waals surface area (Å²) in [5.74, 6) is 0.517. The fourth-order valence-corrected chi connectivity index (χ4v) is 5.01. The molecule has 0 aliphatic carbocycles. The fraction of sp³-hybridized carbons (Fsp3) is 0.286. The first kappa shape index (κ1) is 23.5. The van der Waals surface area contributed by atoms with Crippen molar-refractivity contribution >= 4 is 38.1 Å². The van der Waals surface area contributed by atoms with Crippen LogP contribution in [0.1, 0.15) is 12.5 Å². The van der Waals surface area contributed by atoms with Gasteiger partial charge in [0.1, 0.15) is 22.5 Å². The summed E-state index contributed by atoms with van der Waals surface area (Å²) >= 11 is 1.18.